The van der Waals surface area contributed by atoms with Crippen LogP contribution in [0.5, 0.6) is 0 Å². The zero-order chi connectivity index (χ0) is 40.4. The van der Waals surface area contributed by atoms with Crippen molar-refractivity contribution in [3.8, 4) is 44.5 Å². The van der Waals surface area contributed by atoms with E-state index >= 15 is 0 Å². The maximum absolute atomic E-state index is 7.28. The fraction of sp³-hybridized carbons (Fsp3) is 0.0182. The summed E-state index contributed by atoms with van der Waals surface area (Å²) in [6, 6.07) is 74.3. The monoisotopic (exact) mass is 839 g/mol. The molecule has 0 radical (unpaired) electrons. The molecule has 2 unspecified atom stereocenters. The van der Waals surface area contributed by atoms with Crippen LogP contribution in [0.4, 0.5) is 17.1 Å². The topological polar surface area (TPSA) is 3.24 Å². The first-order chi connectivity index (χ1) is 29.4. The maximum Gasteiger partial charge on any atom is 0.0643 e. The van der Waals surface area contributed by atoms with Crippen molar-refractivity contribution in [1.82, 2.24) is 0 Å². The van der Waals surface area contributed by atoms with Crippen molar-refractivity contribution in [2.24, 2.45) is 0 Å². The molecule has 0 spiro atoms. The van der Waals surface area contributed by atoms with Crippen molar-refractivity contribution < 1.29 is 0 Å². The van der Waals surface area contributed by atoms with E-state index < -0.39 is 12.1 Å². The molecule has 0 amide bonds. The van der Waals surface area contributed by atoms with Gasteiger partial charge in [0.05, 0.1) is 17.1 Å². The van der Waals surface area contributed by atoms with Crippen LogP contribution in [0, 0.1) is 6.92 Å². The lowest BCUT2D eigenvalue weighted by Crippen LogP contribution is -2.46. The smallest absolute Gasteiger partial charge is 0.0643 e. The molecular weight excluding hydrogens is 801 g/mol. The molecule has 9 aromatic rings. The SMILES string of the molecule is Cc1cc2c3c(c1)P(=S)(c1ccccc1)c1cc(-c4cccc(-c5ccccc5)c4)ccc1N3c1ccc(-c3cccc(-c4ccccc4)c3)cc1P2(=S)c1ccccc1. The van der Waals surface area contributed by atoms with E-state index in [1.165, 1.54) is 76.5 Å². The Kier molecular flexibility index (Phi) is 9.07. The van der Waals surface area contributed by atoms with Crippen LogP contribution >= 0.6 is 12.1 Å². The molecule has 60 heavy (non-hydrogen) atoms. The summed E-state index contributed by atoms with van der Waals surface area (Å²) in [6.45, 7) is 2.22. The highest BCUT2D eigenvalue weighted by atomic mass is 32.4. The largest absolute Gasteiger partial charge is 0.308 e. The summed E-state index contributed by atoms with van der Waals surface area (Å²) in [5.74, 6) is 0. The van der Waals surface area contributed by atoms with Gasteiger partial charge < -0.3 is 4.90 Å². The lowest BCUT2D eigenvalue weighted by molar-refractivity contribution is 1.31. The Hall–Kier alpha value is -5.92. The summed E-state index contributed by atoms with van der Waals surface area (Å²) < 4.78 is 0. The van der Waals surface area contributed by atoms with Crippen LogP contribution in [0.3, 0.4) is 0 Å². The second kappa shape index (κ2) is 14.7. The normalized spacial score (nSPS) is 17.3. The van der Waals surface area contributed by atoms with Gasteiger partial charge in [-0.1, -0.05) is 193 Å². The molecule has 0 fully saturated rings. The first-order valence-electron chi connectivity index (χ1n) is 20.3. The Labute approximate surface area is 362 Å². The molecule has 2 aliphatic heterocycles. The van der Waals surface area contributed by atoms with Gasteiger partial charge in [0.1, 0.15) is 0 Å². The number of hydrogen-bond donors (Lipinski definition) is 0. The van der Waals surface area contributed by atoms with Crippen LogP contribution in [0.25, 0.3) is 44.5 Å². The minimum Gasteiger partial charge on any atom is -0.308 e. The molecule has 0 N–H and O–H groups in total. The lowest BCUT2D eigenvalue weighted by atomic mass is 9.98. The summed E-state index contributed by atoms with van der Waals surface area (Å²) in [7, 11) is 0. The zero-order valence-electron chi connectivity index (χ0n) is 32.9. The molecule has 5 heteroatoms. The molecule has 0 saturated carbocycles. The van der Waals surface area contributed by atoms with Crippen molar-refractivity contribution in [3.05, 3.63) is 224 Å². The Balaban J connectivity index is 1.18. The summed E-state index contributed by atoms with van der Waals surface area (Å²) in [6.07, 6.45) is 0. The molecule has 9 aromatic carbocycles. The molecule has 0 aromatic heterocycles. The number of benzene rings is 9. The number of rotatable bonds is 6. The van der Waals surface area contributed by atoms with Crippen molar-refractivity contribution in [2.45, 2.75) is 6.92 Å². The predicted octanol–water partition coefficient (Wildman–Crippen LogP) is 12.3. The van der Waals surface area contributed by atoms with Crippen molar-refractivity contribution in [1.29, 1.82) is 0 Å². The number of anilines is 3. The van der Waals surface area contributed by atoms with E-state index in [-0.39, 0.29) is 0 Å². The molecule has 0 aliphatic carbocycles. The predicted molar refractivity (Wildman–Crippen MR) is 267 cm³/mol. The number of hydrogen-bond acceptors (Lipinski definition) is 3. The summed E-state index contributed by atoms with van der Waals surface area (Å²) >= 11 is 14.6. The molecule has 11 rings (SSSR count). The van der Waals surface area contributed by atoms with Crippen molar-refractivity contribution >= 4 is 84.6 Å². The van der Waals surface area contributed by atoms with Crippen LogP contribution in [0.1, 0.15) is 5.56 Å². The summed E-state index contributed by atoms with van der Waals surface area (Å²) in [5, 5.41) is 7.23. The second-order valence-corrected chi connectivity index (χ2v) is 24.4. The van der Waals surface area contributed by atoms with Crippen LogP contribution in [-0.2, 0) is 23.6 Å². The molecule has 2 heterocycles. The first kappa shape index (κ1) is 37.1. The minimum absolute atomic E-state index is 1.14. The van der Waals surface area contributed by atoms with Gasteiger partial charge in [0.15, 0.2) is 0 Å². The van der Waals surface area contributed by atoms with Gasteiger partial charge in [-0.05, 0) is 116 Å². The van der Waals surface area contributed by atoms with Crippen LogP contribution in [0.15, 0.2) is 218 Å². The van der Waals surface area contributed by atoms with E-state index in [1.54, 1.807) is 0 Å². The zero-order valence-corrected chi connectivity index (χ0v) is 36.4. The molecule has 2 aliphatic rings. The third kappa shape index (κ3) is 5.88. The Morgan fingerprint density at radius 1 is 0.317 bits per heavy atom. The molecule has 0 saturated heterocycles. The summed E-state index contributed by atoms with van der Waals surface area (Å²) in [5.41, 5.74) is 14.1. The molecule has 286 valence electrons. The van der Waals surface area contributed by atoms with E-state index in [0.717, 1.165) is 22.5 Å². The summed E-state index contributed by atoms with van der Waals surface area (Å²) in [4.78, 5) is 2.52. The van der Waals surface area contributed by atoms with Gasteiger partial charge in [0.2, 0.25) is 0 Å². The van der Waals surface area contributed by atoms with Gasteiger partial charge in [0.25, 0.3) is 0 Å². The van der Waals surface area contributed by atoms with E-state index in [0.29, 0.717) is 0 Å². The van der Waals surface area contributed by atoms with E-state index in [2.05, 4.69) is 230 Å². The quantitative estimate of drug-likeness (QED) is 0.154. The third-order valence-corrected chi connectivity index (χ3v) is 21.9. The fourth-order valence-electron chi connectivity index (χ4n) is 9.22. The second-order valence-electron chi connectivity index (χ2n) is 15.7. The van der Waals surface area contributed by atoms with Gasteiger partial charge in [-0.25, -0.2) is 0 Å². The van der Waals surface area contributed by atoms with E-state index in [9.17, 15) is 0 Å². The van der Waals surface area contributed by atoms with Crippen LogP contribution in [0.2, 0.25) is 0 Å². The van der Waals surface area contributed by atoms with Crippen molar-refractivity contribution in [3.63, 3.8) is 0 Å². The standard InChI is InChI=1S/C55H39NP2S2/c1-38-32-53-55-54(33-38)58(60,48-26-12-5-13-27-48)52-37-46(44-23-15-21-42(35-44)40-18-8-3-9-19-40)29-31-50(52)56(55)49-30-28-45(36-51(49)57(53,59)47-24-10-4-11-25-47)43-22-14-20-41(34-43)39-16-6-2-7-17-39/h2-37H,1H3. The average molecular weight is 840 g/mol. The number of fused-ring (bicyclic) bond motifs is 4. The van der Waals surface area contributed by atoms with Crippen LogP contribution in [-0.4, -0.2) is 0 Å². The van der Waals surface area contributed by atoms with Gasteiger partial charge in [-0.2, -0.15) is 0 Å². The van der Waals surface area contributed by atoms with Gasteiger partial charge in [-0.3, -0.25) is 0 Å². The van der Waals surface area contributed by atoms with Gasteiger partial charge in [0, 0.05) is 33.3 Å². The fourth-order valence-corrected chi connectivity index (χ4v) is 18.0. The number of aryl methyl sites for hydroxylation is 1. The van der Waals surface area contributed by atoms with E-state index in [4.69, 9.17) is 23.6 Å². The molecule has 2 atom stereocenters. The van der Waals surface area contributed by atoms with Crippen molar-refractivity contribution in [2.75, 3.05) is 4.90 Å². The highest BCUT2D eigenvalue weighted by Crippen LogP contribution is 2.61. The minimum atomic E-state index is -2.62. The van der Waals surface area contributed by atoms with Crippen LogP contribution < -0.4 is 36.7 Å². The molecule has 1 nitrogen and oxygen atoms in total. The highest BCUT2D eigenvalue weighted by Gasteiger charge is 2.46. The van der Waals surface area contributed by atoms with Gasteiger partial charge in [-0.15, -0.1) is 0 Å². The maximum atomic E-state index is 7.28. The first-order valence-corrected chi connectivity index (χ1v) is 25.9. The Morgan fingerprint density at radius 2 is 0.650 bits per heavy atom. The van der Waals surface area contributed by atoms with Gasteiger partial charge >= 0.3 is 0 Å². The Morgan fingerprint density at radius 3 is 1.05 bits per heavy atom. The Bertz CT molecular complexity index is 3010. The number of nitrogens with zero attached hydrogens (tertiary/aromatic N) is 1. The highest BCUT2D eigenvalue weighted by molar-refractivity contribution is 8.27. The van der Waals surface area contributed by atoms with E-state index in [1.807, 2.05) is 0 Å². The average Bonchev–Trinajstić information content (AvgIpc) is 3.32. The lowest BCUT2D eigenvalue weighted by Gasteiger charge is -2.47. The third-order valence-electron chi connectivity index (χ3n) is 12.1. The molecular formula is C55H39NP2S2. The molecule has 0 bridgehead atoms.